The third-order valence-corrected chi connectivity index (χ3v) is 4.47. The molecule has 0 aromatic heterocycles. The lowest BCUT2D eigenvalue weighted by Crippen LogP contribution is -2.57. The molecule has 0 fully saturated rings. The van der Waals surface area contributed by atoms with Crippen molar-refractivity contribution in [1.29, 1.82) is 0 Å². The van der Waals surface area contributed by atoms with Crippen molar-refractivity contribution in [2.75, 3.05) is 13.7 Å². The molecule has 0 aliphatic rings. The molecule has 2 amide bonds. The van der Waals surface area contributed by atoms with E-state index in [1.165, 1.54) is 0 Å². The van der Waals surface area contributed by atoms with Gasteiger partial charge in [-0.05, 0) is 57.7 Å². The lowest BCUT2D eigenvalue weighted by Gasteiger charge is -2.35. The lowest BCUT2D eigenvalue weighted by molar-refractivity contribution is -0.123. The molecule has 1 rings (SSSR count). The third-order valence-electron chi connectivity index (χ3n) is 4.47. The molecule has 152 valence electrons. The van der Waals surface area contributed by atoms with Gasteiger partial charge in [-0.2, -0.15) is 0 Å². The van der Waals surface area contributed by atoms with Gasteiger partial charge in [0.05, 0.1) is 12.6 Å². The summed E-state index contributed by atoms with van der Waals surface area (Å²) in [5.74, 6) is 0.856. The fourth-order valence-electron chi connectivity index (χ4n) is 2.43. The average molecular weight is 379 g/mol. The van der Waals surface area contributed by atoms with Gasteiger partial charge >= 0.3 is 6.09 Å². The molecule has 0 aliphatic carbocycles. The number of carbonyl (C=O) groups excluding carboxylic acids is 2. The Morgan fingerprint density at radius 3 is 2.37 bits per heavy atom. The van der Waals surface area contributed by atoms with E-state index in [9.17, 15) is 9.59 Å². The zero-order valence-corrected chi connectivity index (χ0v) is 17.6. The van der Waals surface area contributed by atoms with Crippen molar-refractivity contribution in [2.24, 2.45) is 5.92 Å². The number of benzene rings is 1. The largest absolute Gasteiger partial charge is 0.497 e. The Hall–Kier alpha value is -2.24. The van der Waals surface area contributed by atoms with Crippen molar-refractivity contribution in [3.05, 3.63) is 29.8 Å². The van der Waals surface area contributed by atoms with Crippen LogP contribution in [-0.2, 0) is 16.0 Å². The summed E-state index contributed by atoms with van der Waals surface area (Å²) in [5, 5.41) is 5.83. The molecule has 1 aromatic rings. The van der Waals surface area contributed by atoms with Gasteiger partial charge in [-0.1, -0.05) is 26.0 Å². The number of nitrogens with one attached hydrogen (secondary N) is 2. The molecule has 0 saturated carbocycles. The number of hydrogen-bond donors (Lipinski definition) is 2. The SMILES string of the molecule is COc1cccc(CCC(=O)NC(C)(CNC(=O)OC(C)(C)C)C(C)C)c1. The summed E-state index contributed by atoms with van der Waals surface area (Å²) in [6.45, 7) is 11.7. The number of methoxy groups -OCH3 is 1. The molecule has 6 heteroatoms. The smallest absolute Gasteiger partial charge is 0.407 e. The van der Waals surface area contributed by atoms with E-state index in [0.29, 0.717) is 19.4 Å². The highest BCUT2D eigenvalue weighted by atomic mass is 16.6. The fourth-order valence-corrected chi connectivity index (χ4v) is 2.43. The highest BCUT2D eigenvalue weighted by Gasteiger charge is 2.31. The monoisotopic (exact) mass is 378 g/mol. The van der Waals surface area contributed by atoms with Gasteiger partial charge < -0.3 is 20.1 Å². The quantitative estimate of drug-likeness (QED) is 0.723. The van der Waals surface area contributed by atoms with Crippen LogP contribution < -0.4 is 15.4 Å². The molecule has 0 radical (unpaired) electrons. The van der Waals surface area contributed by atoms with Crippen LogP contribution in [0.25, 0.3) is 0 Å². The molecule has 0 saturated heterocycles. The van der Waals surface area contributed by atoms with Crippen LogP contribution >= 0.6 is 0 Å². The van der Waals surface area contributed by atoms with E-state index >= 15 is 0 Å². The number of aryl methyl sites for hydroxylation is 1. The molecule has 0 heterocycles. The van der Waals surface area contributed by atoms with Gasteiger partial charge in [0.15, 0.2) is 0 Å². The Balaban J connectivity index is 2.60. The van der Waals surface area contributed by atoms with Crippen molar-refractivity contribution in [1.82, 2.24) is 10.6 Å². The maximum atomic E-state index is 12.5. The van der Waals surface area contributed by atoms with Crippen LogP contribution in [0, 0.1) is 5.92 Å². The molecule has 1 unspecified atom stereocenters. The van der Waals surface area contributed by atoms with E-state index in [4.69, 9.17) is 9.47 Å². The van der Waals surface area contributed by atoms with Gasteiger partial charge in [-0.15, -0.1) is 0 Å². The Labute approximate surface area is 163 Å². The topological polar surface area (TPSA) is 76.7 Å². The number of carbonyl (C=O) groups is 2. The van der Waals surface area contributed by atoms with Crippen molar-refractivity contribution in [3.8, 4) is 5.75 Å². The number of ether oxygens (including phenoxy) is 2. The summed E-state index contributed by atoms with van der Waals surface area (Å²) in [5.41, 5.74) is -0.0802. The zero-order valence-electron chi connectivity index (χ0n) is 17.6. The van der Waals surface area contributed by atoms with Gasteiger partial charge in [0.2, 0.25) is 5.91 Å². The highest BCUT2D eigenvalue weighted by molar-refractivity contribution is 5.77. The Bertz CT molecular complexity index is 637. The van der Waals surface area contributed by atoms with E-state index in [-0.39, 0.29) is 11.8 Å². The maximum absolute atomic E-state index is 12.5. The van der Waals surface area contributed by atoms with Crippen LogP contribution in [0.5, 0.6) is 5.75 Å². The van der Waals surface area contributed by atoms with Crippen molar-refractivity contribution < 1.29 is 19.1 Å². The van der Waals surface area contributed by atoms with Crippen LogP contribution in [0.2, 0.25) is 0 Å². The van der Waals surface area contributed by atoms with Gasteiger partial charge in [0.25, 0.3) is 0 Å². The van der Waals surface area contributed by atoms with Crippen LogP contribution in [0.1, 0.15) is 53.5 Å². The second-order valence-corrected chi connectivity index (χ2v) is 8.33. The zero-order chi connectivity index (χ0) is 20.7. The van der Waals surface area contributed by atoms with Gasteiger partial charge in [-0.3, -0.25) is 4.79 Å². The molecule has 0 aliphatic heterocycles. The Morgan fingerprint density at radius 2 is 1.81 bits per heavy atom. The van der Waals surface area contributed by atoms with Crippen LogP contribution in [0.3, 0.4) is 0 Å². The van der Waals surface area contributed by atoms with Gasteiger partial charge in [0, 0.05) is 13.0 Å². The number of rotatable bonds is 8. The molecule has 2 N–H and O–H groups in total. The minimum absolute atomic E-state index is 0.0555. The lowest BCUT2D eigenvalue weighted by atomic mass is 9.88. The van der Waals surface area contributed by atoms with Crippen molar-refractivity contribution in [2.45, 2.75) is 65.5 Å². The fraction of sp³-hybridized carbons (Fsp3) is 0.619. The second-order valence-electron chi connectivity index (χ2n) is 8.33. The molecule has 0 bridgehead atoms. The van der Waals surface area contributed by atoms with Gasteiger partial charge in [0.1, 0.15) is 11.4 Å². The highest BCUT2D eigenvalue weighted by Crippen LogP contribution is 2.18. The minimum Gasteiger partial charge on any atom is -0.497 e. The number of alkyl carbamates (subject to hydrolysis) is 1. The first-order valence-corrected chi connectivity index (χ1v) is 9.36. The van der Waals surface area contributed by atoms with E-state index in [1.54, 1.807) is 7.11 Å². The van der Waals surface area contributed by atoms with E-state index < -0.39 is 17.2 Å². The Kier molecular flexibility index (Phi) is 8.13. The summed E-state index contributed by atoms with van der Waals surface area (Å²) in [4.78, 5) is 24.4. The van der Waals surface area contributed by atoms with Crippen LogP contribution in [0.4, 0.5) is 4.79 Å². The van der Waals surface area contributed by atoms with E-state index in [0.717, 1.165) is 11.3 Å². The van der Waals surface area contributed by atoms with Crippen molar-refractivity contribution >= 4 is 12.0 Å². The molecular weight excluding hydrogens is 344 g/mol. The predicted molar refractivity (Wildman–Crippen MR) is 107 cm³/mol. The first kappa shape index (κ1) is 22.8. The average Bonchev–Trinajstić information content (AvgIpc) is 2.57. The molecule has 0 spiro atoms. The third kappa shape index (κ3) is 8.33. The molecule has 6 nitrogen and oxygen atoms in total. The first-order chi connectivity index (χ1) is 12.4. The summed E-state index contributed by atoms with van der Waals surface area (Å²) in [6.07, 6.45) is 0.499. The predicted octanol–water partition coefficient (Wildman–Crippen LogP) is 3.68. The molecular formula is C21H34N2O4. The van der Waals surface area contributed by atoms with Crippen molar-refractivity contribution in [3.63, 3.8) is 0 Å². The standard InChI is InChI=1S/C21H34N2O4/c1-15(2)21(6,14-22-19(25)27-20(3,4)5)23-18(24)12-11-16-9-8-10-17(13-16)26-7/h8-10,13,15H,11-12,14H2,1-7H3,(H,22,25)(H,23,24). The summed E-state index contributed by atoms with van der Waals surface area (Å²) < 4.78 is 10.5. The summed E-state index contributed by atoms with van der Waals surface area (Å²) in [7, 11) is 1.62. The Morgan fingerprint density at radius 1 is 1.15 bits per heavy atom. The molecule has 1 aromatic carbocycles. The summed E-state index contributed by atoms with van der Waals surface area (Å²) in [6, 6.07) is 7.69. The number of amides is 2. The second kappa shape index (κ2) is 9.62. The first-order valence-electron chi connectivity index (χ1n) is 9.36. The van der Waals surface area contributed by atoms with Gasteiger partial charge in [-0.25, -0.2) is 4.79 Å². The molecule has 1 atom stereocenters. The van der Waals surface area contributed by atoms with Crippen LogP contribution in [-0.4, -0.2) is 36.8 Å². The van der Waals surface area contributed by atoms with Crippen LogP contribution in [0.15, 0.2) is 24.3 Å². The maximum Gasteiger partial charge on any atom is 0.407 e. The van der Waals surface area contributed by atoms with E-state index in [1.807, 2.05) is 65.8 Å². The number of hydrogen-bond acceptors (Lipinski definition) is 4. The normalized spacial score (nSPS) is 13.6. The van der Waals surface area contributed by atoms with E-state index in [2.05, 4.69) is 10.6 Å². The minimum atomic E-state index is -0.567. The summed E-state index contributed by atoms with van der Waals surface area (Å²) >= 11 is 0. The molecule has 27 heavy (non-hydrogen) atoms.